The third-order valence-corrected chi connectivity index (χ3v) is 5.06. The number of aromatic carboxylic acids is 1. The van der Waals surface area contributed by atoms with E-state index in [9.17, 15) is 9.90 Å². The van der Waals surface area contributed by atoms with E-state index in [0.29, 0.717) is 11.3 Å². The number of fused-ring (bicyclic) bond motifs is 1. The number of rotatable bonds is 5. The average molecular weight is 353 g/mol. The lowest BCUT2D eigenvalue weighted by atomic mass is 9.95. The quantitative estimate of drug-likeness (QED) is 0.802. The minimum atomic E-state index is -1.06. The molecule has 134 valence electrons. The zero-order chi connectivity index (χ0) is 18.4. The molecule has 0 radical (unpaired) electrons. The standard InChI is InChI=1S/C20H19NO5/c1-10-3-5-12(20(22)23)19(24-2)17(10)18(21)14-8-13(14)11-4-6-15-16(7-11)26-9-25-15/h3-7,13-14,21H,8-9H2,1-2H3,(H,22,23). The molecule has 0 amide bonds. The van der Waals surface area contributed by atoms with Crippen LogP contribution in [0, 0.1) is 18.3 Å². The molecule has 2 aliphatic rings. The molecule has 6 heteroatoms. The lowest BCUT2D eigenvalue weighted by Crippen LogP contribution is -2.12. The molecule has 6 nitrogen and oxygen atoms in total. The van der Waals surface area contributed by atoms with E-state index in [1.165, 1.54) is 13.2 Å². The van der Waals surface area contributed by atoms with Crippen LogP contribution in [0.3, 0.4) is 0 Å². The largest absolute Gasteiger partial charge is 0.495 e. The van der Waals surface area contributed by atoms with Gasteiger partial charge in [0.2, 0.25) is 6.79 Å². The first kappa shape index (κ1) is 16.4. The van der Waals surface area contributed by atoms with Gasteiger partial charge in [0.25, 0.3) is 0 Å². The zero-order valence-corrected chi connectivity index (χ0v) is 14.5. The second kappa shape index (κ2) is 6.05. The van der Waals surface area contributed by atoms with E-state index in [-0.39, 0.29) is 29.9 Å². The molecule has 1 aliphatic carbocycles. The van der Waals surface area contributed by atoms with Crippen molar-refractivity contribution in [2.24, 2.45) is 5.92 Å². The second-order valence-electron chi connectivity index (χ2n) is 6.62. The molecule has 2 unspecified atom stereocenters. The van der Waals surface area contributed by atoms with Gasteiger partial charge in [-0.2, -0.15) is 0 Å². The molecule has 0 saturated heterocycles. The smallest absolute Gasteiger partial charge is 0.339 e. The zero-order valence-electron chi connectivity index (χ0n) is 14.5. The molecule has 1 heterocycles. The van der Waals surface area contributed by atoms with Crippen LogP contribution in [0.5, 0.6) is 17.2 Å². The van der Waals surface area contributed by atoms with Crippen molar-refractivity contribution in [3.63, 3.8) is 0 Å². The number of carboxylic acids is 1. The lowest BCUT2D eigenvalue weighted by Gasteiger charge is -2.15. The summed E-state index contributed by atoms with van der Waals surface area (Å²) in [6.45, 7) is 2.11. The Bertz CT molecular complexity index is 921. The second-order valence-corrected chi connectivity index (χ2v) is 6.62. The molecule has 2 aromatic carbocycles. The number of nitrogens with one attached hydrogen (secondary N) is 1. The summed E-state index contributed by atoms with van der Waals surface area (Å²) in [4.78, 5) is 11.5. The Balaban J connectivity index is 1.64. The van der Waals surface area contributed by atoms with Crippen LogP contribution in [0.2, 0.25) is 0 Å². The first-order valence-corrected chi connectivity index (χ1v) is 8.40. The highest BCUT2D eigenvalue weighted by atomic mass is 16.7. The highest BCUT2D eigenvalue weighted by molar-refractivity contribution is 6.08. The van der Waals surface area contributed by atoms with Crippen LogP contribution in [0.1, 0.15) is 39.4 Å². The Hall–Kier alpha value is -3.02. The summed E-state index contributed by atoms with van der Waals surface area (Å²) < 4.78 is 16.1. The molecule has 2 atom stereocenters. The van der Waals surface area contributed by atoms with Crippen molar-refractivity contribution in [3.8, 4) is 17.2 Å². The van der Waals surface area contributed by atoms with E-state index >= 15 is 0 Å². The van der Waals surface area contributed by atoms with Crippen molar-refractivity contribution in [3.05, 3.63) is 52.6 Å². The summed E-state index contributed by atoms with van der Waals surface area (Å²) in [5.41, 5.74) is 3.03. The fraction of sp³-hybridized carbons (Fsp3) is 0.300. The predicted molar refractivity (Wildman–Crippen MR) is 94.9 cm³/mol. The maximum Gasteiger partial charge on any atom is 0.339 e. The topological polar surface area (TPSA) is 88.8 Å². The van der Waals surface area contributed by atoms with Gasteiger partial charge >= 0.3 is 5.97 Å². The van der Waals surface area contributed by atoms with Gasteiger partial charge in [-0.3, -0.25) is 0 Å². The number of aryl methyl sites for hydroxylation is 1. The summed E-state index contributed by atoms with van der Waals surface area (Å²) in [5.74, 6) is 0.938. The fourth-order valence-corrected chi connectivity index (χ4v) is 3.61. The van der Waals surface area contributed by atoms with Crippen LogP contribution >= 0.6 is 0 Å². The van der Waals surface area contributed by atoms with Gasteiger partial charge in [0.05, 0.1) is 7.11 Å². The van der Waals surface area contributed by atoms with Crippen LogP contribution in [-0.2, 0) is 0 Å². The van der Waals surface area contributed by atoms with Gasteiger partial charge < -0.3 is 24.7 Å². The van der Waals surface area contributed by atoms with E-state index < -0.39 is 5.97 Å². The number of methoxy groups -OCH3 is 1. The fourth-order valence-electron chi connectivity index (χ4n) is 3.61. The van der Waals surface area contributed by atoms with Crippen LogP contribution in [-0.4, -0.2) is 30.7 Å². The molecule has 4 rings (SSSR count). The Kier molecular flexibility index (Phi) is 3.83. The van der Waals surface area contributed by atoms with E-state index in [4.69, 9.17) is 19.6 Å². The van der Waals surface area contributed by atoms with Crippen molar-refractivity contribution in [1.82, 2.24) is 0 Å². The minimum Gasteiger partial charge on any atom is -0.495 e. The summed E-state index contributed by atoms with van der Waals surface area (Å²) in [7, 11) is 1.44. The molecular weight excluding hydrogens is 334 g/mol. The molecule has 2 N–H and O–H groups in total. The average Bonchev–Trinajstić information content (AvgIpc) is 3.29. The highest BCUT2D eigenvalue weighted by Crippen LogP contribution is 2.52. The Morgan fingerprint density at radius 2 is 2.00 bits per heavy atom. The Labute approximate surface area is 150 Å². The van der Waals surface area contributed by atoms with Crippen molar-refractivity contribution in [1.29, 1.82) is 5.41 Å². The number of carboxylic acid groups (broad SMARTS) is 1. The van der Waals surface area contributed by atoms with Crippen molar-refractivity contribution < 1.29 is 24.1 Å². The van der Waals surface area contributed by atoms with Gasteiger partial charge in [-0.05, 0) is 48.6 Å². The summed E-state index contributed by atoms with van der Waals surface area (Å²) >= 11 is 0. The van der Waals surface area contributed by atoms with Crippen molar-refractivity contribution >= 4 is 11.7 Å². The molecule has 0 spiro atoms. The third kappa shape index (κ3) is 2.58. The highest BCUT2D eigenvalue weighted by Gasteiger charge is 2.43. The van der Waals surface area contributed by atoms with Gasteiger partial charge in [0.15, 0.2) is 11.5 Å². The first-order valence-electron chi connectivity index (χ1n) is 8.40. The molecule has 1 aliphatic heterocycles. The van der Waals surface area contributed by atoms with Gasteiger partial charge in [0.1, 0.15) is 11.3 Å². The minimum absolute atomic E-state index is 0.0343. The number of hydrogen-bond donors (Lipinski definition) is 2. The molecule has 0 aromatic heterocycles. The number of carbonyl (C=O) groups is 1. The third-order valence-electron chi connectivity index (χ3n) is 5.06. The molecule has 1 fully saturated rings. The normalized spacial score (nSPS) is 19.9. The predicted octanol–water partition coefficient (Wildman–Crippen LogP) is 3.60. The lowest BCUT2D eigenvalue weighted by molar-refractivity contribution is 0.0693. The number of ether oxygens (including phenoxy) is 3. The van der Waals surface area contributed by atoms with Gasteiger partial charge in [-0.15, -0.1) is 0 Å². The van der Waals surface area contributed by atoms with E-state index in [0.717, 1.165) is 29.0 Å². The van der Waals surface area contributed by atoms with Crippen molar-refractivity contribution in [2.45, 2.75) is 19.3 Å². The van der Waals surface area contributed by atoms with Crippen LogP contribution < -0.4 is 14.2 Å². The van der Waals surface area contributed by atoms with Crippen LogP contribution in [0.4, 0.5) is 0 Å². The monoisotopic (exact) mass is 353 g/mol. The van der Waals surface area contributed by atoms with Gasteiger partial charge in [0, 0.05) is 17.2 Å². The molecule has 26 heavy (non-hydrogen) atoms. The van der Waals surface area contributed by atoms with Crippen LogP contribution in [0.25, 0.3) is 0 Å². The molecule has 2 aromatic rings. The SMILES string of the molecule is COc1c(C(=O)O)ccc(C)c1C(=N)C1CC1c1ccc2c(c1)OCO2. The van der Waals surface area contributed by atoms with E-state index in [2.05, 4.69) is 0 Å². The van der Waals surface area contributed by atoms with Gasteiger partial charge in [-0.25, -0.2) is 4.79 Å². The first-order chi connectivity index (χ1) is 12.5. The summed E-state index contributed by atoms with van der Waals surface area (Å²) in [6, 6.07) is 9.12. The maximum absolute atomic E-state index is 11.5. The molecule has 0 bridgehead atoms. The van der Waals surface area contributed by atoms with E-state index in [1.54, 1.807) is 6.07 Å². The van der Waals surface area contributed by atoms with E-state index in [1.807, 2.05) is 25.1 Å². The summed E-state index contributed by atoms with van der Waals surface area (Å²) in [6.07, 6.45) is 0.846. The maximum atomic E-state index is 11.5. The van der Waals surface area contributed by atoms with Crippen LogP contribution in [0.15, 0.2) is 30.3 Å². The summed E-state index contributed by atoms with van der Waals surface area (Å²) in [5, 5.41) is 18.1. The number of benzene rings is 2. The Morgan fingerprint density at radius 1 is 1.23 bits per heavy atom. The van der Waals surface area contributed by atoms with Crippen molar-refractivity contribution in [2.75, 3.05) is 13.9 Å². The number of hydrogen-bond acceptors (Lipinski definition) is 5. The Morgan fingerprint density at radius 3 is 2.73 bits per heavy atom. The molecular formula is C20H19NO5. The van der Waals surface area contributed by atoms with Gasteiger partial charge in [-0.1, -0.05) is 12.1 Å². The molecule has 1 saturated carbocycles.